The predicted octanol–water partition coefficient (Wildman–Crippen LogP) is -5.15. The minimum atomic E-state index is -4.88. The summed E-state index contributed by atoms with van der Waals surface area (Å²) in [5, 5.41) is 48.0. The summed E-state index contributed by atoms with van der Waals surface area (Å²) in [6.45, 7) is 0. The second kappa shape index (κ2) is 20.1. The summed E-state index contributed by atoms with van der Waals surface area (Å²) in [5.41, 5.74) is 3.42. The number of pyridine rings is 1. The van der Waals surface area contributed by atoms with Crippen molar-refractivity contribution in [3.8, 4) is 17.1 Å². The van der Waals surface area contributed by atoms with Crippen molar-refractivity contribution in [1.82, 2.24) is 14.5 Å². The van der Waals surface area contributed by atoms with Gasteiger partial charge in [0.25, 0.3) is 5.56 Å². The number of aryl methyl sites for hydroxylation is 1. The first-order chi connectivity index (χ1) is 25.9. The standard InChI is InChI=1S/C33H24N6O12S3.3Na/c1-39-24-10-9-22(31-30(24)20(14-29(39)40)18-4-2-3-5-19(18)32(31)41)35-21-8-6-16(12-26(21)53-51-49-44)34-27-15-28(38-33(42)37-27)36-23-13-17(54(45,46)47)7-11-25(23)52-50-48-43;;;/h2-15,35,43-44H,1H3,(H,45,46,47)(H3,34,36,37,38,42);;;/q;3*+1/p-3. The first-order valence-electron chi connectivity index (χ1n) is 15.2. The Kier molecular flexibility index (Phi) is 16.6. The van der Waals surface area contributed by atoms with Crippen LogP contribution >= 0.6 is 24.1 Å². The van der Waals surface area contributed by atoms with E-state index in [4.69, 9.17) is 0 Å². The summed E-state index contributed by atoms with van der Waals surface area (Å²) in [6, 6.07) is 20.4. The number of ketones is 1. The molecule has 1 aliphatic carbocycles. The van der Waals surface area contributed by atoms with E-state index in [0.29, 0.717) is 79.2 Å². The van der Waals surface area contributed by atoms with Crippen molar-refractivity contribution in [2.45, 2.75) is 14.7 Å². The van der Waals surface area contributed by atoms with Crippen LogP contribution in [0.1, 0.15) is 15.9 Å². The molecule has 57 heavy (non-hydrogen) atoms. The second-order valence-electron chi connectivity index (χ2n) is 11.3. The van der Waals surface area contributed by atoms with E-state index in [0.717, 1.165) is 12.1 Å². The normalized spacial score (nSPS) is 11.5. The molecule has 0 saturated carbocycles. The summed E-state index contributed by atoms with van der Waals surface area (Å²) < 4.78 is 45.3. The van der Waals surface area contributed by atoms with Crippen LogP contribution in [-0.2, 0) is 35.9 Å². The Morgan fingerprint density at radius 2 is 1.37 bits per heavy atom. The van der Waals surface area contributed by atoms with Crippen LogP contribution in [0.5, 0.6) is 6.01 Å². The maximum atomic E-state index is 14.0. The van der Waals surface area contributed by atoms with Crippen LogP contribution in [0.25, 0.3) is 22.0 Å². The Morgan fingerprint density at radius 3 is 2.05 bits per heavy atom. The molecule has 0 atom stereocenters. The quantitative estimate of drug-likeness (QED) is 0.0278. The number of carbonyl (C=O) groups is 1. The summed E-state index contributed by atoms with van der Waals surface area (Å²) in [7, 11) is -3.26. The molecular formula is C33H21N6Na3O12S3. The molecule has 6 aromatic rings. The molecule has 0 bridgehead atoms. The van der Waals surface area contributed by atoms with Crippen molar-refractivity contribution in [3.63, 3.8) is 0 Å². The van der Waals surface area contributed by atoms with Gasteiger partial charge in [-0.3, -0.25) is 19.7 Å². The van der Waals surface area contributed by atoms with Gasteiger partial charge in [-0.25, -0.2) is 8.42 Å². The number of nitrogens with one attached hydrogen (secondary N) is 3. The zero-order chi connectivity index (χ0) is 38.1. The fourth-order valence-corrected chi connectivity index (χ4v) is 7.27. The first-order valence-corrected chi connectivity index (χ1v) is 18.0. The number of anilines is 6. The van der Waals surface area contributed by atoms with Crippen molar-refractivity contribution in [2.24, 2.45) is 7.05 Å². The monoisotopic (exact) mass is 858 g/mol. The van der Waals surface area contributed by atoms with Crippen molar-refractivity contribution >= 4 is 85.3 Å². The topological polar surface area (TPSA) is 261 Å². The zero-order valence-electron chi connectivity index (χ0n) is 30.1. The zero-order valence-corrected chi connectivity index (χ0v) is 38.5. The van der Waals surface area contributed by atoms with Gasteiger partial charge in [0.05, 0.1) is 66.9 Å². The fraction of sp³-hybridized carbons (Fsp3) is 0.0303. The maximum absolute atomic E-state index is 14.0. The Labute approximate surface area is 397 Å². The van der Waals surface area contributed by atoms with Crippen molar-refractivity contribution < 1.29 is 141 Å². The fourth-order valence-electron chi connectivity index (χ4n) is 5.86. The Bertz CT molecular complexity index is 2660. The van der Waals surface area contributed by atoms with E-state index >= 15 is 0 Å². The van der Waals surface area contributed by atoms with Gasteiger partial charge in [0.1, 0.15) is 21.8 Å². The van der Waals surface area contributed by atoms with Crippen molar-refractivity contribution in [2.75, 3.05) is 16.0 Å². The molecule has 18 nitrogen and oxygen atoms in total. The van der Waals surface area contributed by atoms with Gasteiger partial charge in [0.2, 0.25) is 0 Å². The molecule has 4 N–H and O–H groups in total. The number of benzene rings is 4. The van der Waals surface area contributed by atoms with Crippen molar-refractivity contribution in [1.29, 1.82) is 0 Å². The minimum absolute atomic E-state index is 0. The number of fused-ring (bicyclic) bond motifs is 2. The molecule has 0 saturated heterocycles. The van der Waals surface area contributed by atoms with Crippen LogP contribution < -0.4 is 121 Å². The van der Waals surface area contributed by atoms with Gasteiger partial charge in [0.15, 0.2) is 5.78 Å². The summed E-state index contributed by atoms with van der Waals surface area (Å²) in [4.78, 5) is 34.5. The van der Waals surface area contributed by atoms with E-state index < -0.39 is 21.0 Å². The number of aromatic hydroxyl groups is 1. The summed E-state index contributed by atoms with van der Waals surface area (Å²) in [6.07, 6.45) is 0. The molecule has 2 aromatic heterocycles. The predicted molar refractivity (Wildman–Crippen MR) is 189 cm³/mol. The molecule has 0 unspecified atom stereocenters. The number of hydrogen-bond acceptors (Lipinski definition) is 19. The Hall–Kier alpha value is -2.59. The van der Waals surface area contributed by atoms with E-state index in [2.05, 4.69) is 44.7 Å². The van der Waals surface area contributed by atoms with Crippen LogP contribution in [0, 0.1) is 0 Å². The number of hydrogen-bond donors (Lipinski definition) is 4. The van der Waals surface area contributed by atoms with E-state index in [1.54, 1.807) is 55.6 Å². The minimum Gasteiger partial charge on any atom is -0.744 e. The van der Waals surface area contributed by atoms with Crippen LogP contribution in [0.15, 0.2) is 104 Å². The van der Waals surface area contributed by atoms with Gasteiger partial charge in [-0.2, -0.15) is 18.6 Å². The maximum Gasteiger partial charge on any atom is 1.00 e. The smallest absolute Gasteiger partial charge is 0.744 e. The molecule has 0 radical (unpaired) electrons. The number of aromatic nitrogens is 3. The third-order valence-electron chi connectivity index (χ3n) is 8.14. The molecule has 7 rings (SSSR count). The number of carbonyl (C=O) groups excluding carboxylic acids is 1. The van der Waals surface area contributed by atoms with E-state index in [-0.39, 0.29) is 122 Å². The third-order valence-corrected chi connectivity index (χ3v) is 10.3. The number of nitrogens with zero attached hydrogens (tertiary/aromatic N) is 3. The number of rotatable bonds is 13. The SMILES string of the molecule is Cn1c(=O)cc2c3c(c(Nc4ccc(Nc5cc(Nc6cc(S(=O)(=O)[O-])ccc6SOO[O-])nc(O)n5)cc4SOO[O-])ccc31)C(=O)c1ccccc1-2.[Na+].[Na+].[Na+]. The molecular weight excluding hydrogens is 838 g/mol. The Balaban J connectivity index is 0.00000240. The molecule has 0 aliphatic heterocycles. The van der Waals surface area contributed by atoms with Gasteiger partial charge < -0.3 is 40.7 Å². The Morgan fingerprint density at radius 1 is 0.719 bits per heavy atom. The average Bonchev–Trinajstić information content (AvgIpc) is 3.14. The first kappa shape index (κ1) is 47.1. The molecule has 4 aromatic carbocycles. The van der Waals surface area contributed by atoms with E-state index in [9.17, 15) is 38.2 Å². The van der Waals surface area contributed by atoms with Gasteiger partial charge >= 0.3 is 94.7 Å². The molecule has 0 amide bonds. The molecule has 0 spiro atoms. The molecule has 2 heterocycles. The van der Waals surface area contributed by atoms with E-state index in [1.165, 1.54) is 28.8 Å². The van der Waals surface area contributed by atoms with Gasteiger partial charge in [-0.05, 0) is 59.7 Å². The van der Waals surface area contributed by atoms with Gasteiger partial charge in [-0.1, -0.05) is 24.3 Å². The molecule has 1 aliphatic rings. The van der Waals surface area contributed by atoms with E-state index in [1.807, 2.05) is 0 Å². The summed E-state index contributed by atoms with van der Waals surface area (Å²) >= 11 is 0.966. The van der Waals surface area contributed by atoms with Crippen LogP contribution in [0.3, 0.4) is 0 Å². The van der Waals surface area contributed by atoms with Crippen LogP contribution in [0.2, 0.25) is 0 Å². The van der Waals surface area contributed by atoms with Crippen molar-refractivity contribution in [3.05, 3.63) is 106 Å². The van der Waals surface area contributed by atoms with Gasteiger partial charge in [-0.15, -0.1) is 0 Å². The average molecular weight is 859 g/mol. The van der Waals surface area contributed by atoms with Crippen LogP contribution in [0.4, 0.5) is 34.4 Å². The van der Waals surface area contributed by atoms with Crippen LogP contribution in [-0.4, -0.2) is 38.4 Å². The van der Waals surface area contributed by atoms with Gasteiger partial charge in [0, 0.05) is 35.8 Å². The summed E-state index contributed by atoms with van der Waals surface area (Å²) in [5.74, 6) is -0.326. The third kappa shape index (κ3) is 10.2. The molecule has 276 valence electrons. The molecule has 24 heteroatoms. The molecule has 0 fully saturated rings. The second-order valence-corrected chi connectivity index (χ2v) is 14.2. The largest absolute Gasteiger partial charge is 1.00 e.